The van der Waals surface area contributed by atoms with E-state index in [1.165, 1.54) is 11.1 Å². The van der Waals surface area contributed by atoms with Crippen LogP contribution < -0.4 is 4.74 Å². The molecular weight excluding hydrogens is 326 g/mol. The Hall–Kier alpha value is -3.08. The summed E-state index contributed by atoms with van der Waals surface area (Å²) in [5.74, 6) is 0.881. The number of carbonyl (C=O) groups is 1. The Morgan fingerprint density at radius 1 is 1.08 bits per heavy atom. The van der Waals surface area contributed by atoms with Crippen LogP contribution in [-0.2, 0) is 20.0 Å². The number of fused-ring (bicyclic) bond motifs is 1. The molecule has 5 nitrogen and oxygen atoms in total. The Morgan fingerprint density at radius 2 is 1.88 bits per heavy atom. The van der Waals surface area contributed by atoms with E-state index in [0.29, 0.717) is 18.8 Å². The molecule has 0 fully saturated rings. The number of hydrogen-bond donors (Lipinski definition) is 0. The van der Waals surface area contributed by atoms with Crippen molar-refractivity contribution in [2.24, 2.45) is 7.05 Å². The van der Waals surface area contributed by atoms with Gasteiger partial charge in [-0.15, -0.1) is 0 Å². The summed E-state index contributed by atoms with van der Waals surface area (Å²) in [4.78, 5) is 14.9. The summed E-state index contributed by atoms with van der Waals surface area (Å²) in [7, 11) is 3.50. The van der Waals surface area contributed by atoms with Gasteiger partial charge in [0, 0.05) is 25.7 Å². The van der Waals surface area contributed by atoms with Crippen molar-refractivity contribution in [2.75, 3.05) is 13.7 Å². The quantitative estimate of drug-likeness (QED) is 0.730. The predicted molar refractivity (Wildman–Crippen MR) is 100 cm³/mol. The van der Waals surface area contributed by atoms with E-state index >= 15 is 0 Å². The van der Waals surface area contributed by atoms with Gasteiger partial charge in [-0.05, 0) is 35.7 Å². The molecule has 1 amide bonds. The van der Waals surface area contributed by atoms with Gasteiger partial charge >= 0.3 is 0 Å². The third-order valence-corrected chi connectivity index (χ3v) is 4.88. The number of benzene rings is 2. The van der Waals surface area contributed by atoms with Crippen LogP contribution in [0.1, 0.15) is 21.6 Å². The summed E-state index contributed by atoms with van der Waals surface area (Å²) in [5.41, 5.74) is 4.87. The average Bonchev–Trinajstić information content (AvgIpc) is 3.09. The van der Waals surface area contributed by atoms with Crippen LogP contribution >= 0.6 is 0 Å². The SMILES string of the molecule is COc1ccc2c(c1)CCN(C(=O)c1cc(-c3ccccc3)nn1C)C2. The van der Waals surface area contributed by atoms with Gasteiger partial charge in [0.05, 0.1) is 12.8 Å². The minimum atomic E-state index is 0.0173. The van der Waals surface area contributed by atoms with Crippen LogP contribution in [0.25, 0.3) is 11.3 Å². The maximum atomic E-state index is 13.0. The Balaban J connectivity index is 1.58. The van der Waals surface area contributed by atoms with Crippen LogP contribution in [0.15, 0.2) is 54.6 Å². The molecule has 1 aliphatic heterocycles. The second-order valence-corrected chi connectivity index (χ2v) is 6.52. The highest BCUT2D eigenvalue weighted by atomic mass is 16.5. The first-order valence-electron chi connectivity index (χ1n) is 8.70. The summed E-state index contributed by atoms with van der Waals surface area (Å²) in [6.45, 7) is 1.31. The van der Waals surface area contributed by atoms with E-state index in [9.17, 15) is 4.79 Å². The third-order valence-electron chi connectivity index (χ3n) is 4.88. The predicted octanol–water partition coefficient (Wildman–Crippen LogP) is 3.29. The molecule has 0 radical (unpaired) electrons. The molecule has 0 saturated heterocycles. The molecule has 0 saturated carbocycles. The molecular formula is C21H21N3O2. The topological polar surface area (TPSA) is 47.4 Å². The van der Waals surface area contributed by atoms with Crippen LogP contribution in [-0.4, -0.2) is 34.2 Å². The van der Waals surface area contributed by atoms with Crippen LogP contribution in [0.3, 0.4) is 0 Å². The van der Waals surface area contributed by atoms with E-state index in [1.807, 2.05) is 60.5 Å². The molecule has 1 aliphatic rings. The smallest absolute Gasteiger partial charge is 0.272 e. The molecule has 2 heterocycles. The lowest BCUT2D eigenvalue weighted by molar-refractivity contribution is 0.0723. The maximum absolute atomic E-state index is 13.0. The van der Waals surface area contributed by atoms with E-state index < -0.39 is 0 Å². The molecule has 0 unspecified atom stereocenters. The molecule has 5 heteroatoms. The van der Waals surface area contributed by atoms with Gasteiger partial charge in [-0.2, -0.15) is 5.10 Å². The van der Waals surface area contributed by atoms with Crippen molar-refractivity contribution < 1.29 is 9.53 Å². The Labute approximate surface area is 152 Å². The lowest BCUT2D eigenvalue weighted by Gasteiger charge is -2.29. The third kappa shape index (κ3) is 2.96. The van der Waals surface area contributed by atoms with Crippen LogP contribution in [0.2, 0.25) is 0 Å². The van der Waals surface area contributed by atoms with Gasteiger partial charge in [-0.3, -0.25) is 9.48 Å². The van der Waals surface area contributed by atoms with Crippen LogP contribution in [0.4, 0.5) is 0 Å². The number of amides is 1. The summed E-state index contributed by atoms with van der Waals surface area (Å²) < 4.78 is 6.97. The van der Waals surface area contributed by atoms with Gasteiger partial charge in [0.25, 0.3) is 5.91 Å². The average molecular weight is 347 g/mol. The number of hydrogen-bond acceptors (Lipinski definition) is 3. The molecule has 0 N–H and O–H groups in total. The lowest BCUT2D eigenvalue weighted by Crippen LogP contribution is -2.36. The molecule has 3 aromatic rings. The van der Waals surface area contributed by atoms with Crippen molar-refractivity contribution in [3.05, 3.63) is 71.4 Å². The number of ether oxygens (including phenoxy) is 1. The monoisotopic (exact) mass is 347 g/mol. The first-order chi connectivity index (χ1) is 12.7. The number of aryl methyl sites for hydroxylation is 1. The molecule has 0 spiro atoms. The molecule has 1 aromatic heterocycles. The zero-order valence-electron chi connectivity index (χ0n) is 15.0. The first kappa shape index (κ1) is 16.4. The van der Waals surface area contributed by atoms with Crippen molar-refractivity contribution >= 4 is 5.91 Å². The van der Waals surface area contributed by atoms with Crippen molar-refractivity contribution in [1.29, 1.82) is 0 Å². The fraction of sp³-hybridized carbons (Fsp3) is 0.238. The first-order valence-corrected chi connectivity index (χ1v) is 8.70. The molecule has 26 heavy (non-hydrogen) atoms. The van der Waals surface area contributed by atoms with Gasteiger partial charge in [-0.1, -0.05) is 36.4 Å². The summed E-state index contributed by atoms with van der Waals surface area (Å²) in [6, 6.07) is 17.9. The van der Waals surface area contributed by atoms with Crippen molar-refractivity contribution in [3.8, 4) is 17.0 Å². The fourth-order valence-corrected chi connectivity index (χ4v) is 3.41. The number of rotatable bonds is 3. The number of methoxy groups -OCH3 is 1. The van der Waals surface area contributed by atoms with Gasteiger partial charge < -0.3 is 9.64 Å². The second kappa shape index (κ2) is 6.67. The van der Waals surface area contributed by atoms with Gasteiger partial charge in [0.2, 0.25) is 0 Å². The maximum Gasteiger partial charge on any atom is 0.272 e. The van der Waals surface area contributed by atoms with E-state index in [-0.39, 0.29) is 5.91 Å². The minimum absolute atomic E-state index is 0.0173. The fourth-order valence-electron chi connectivity index (χ4n) is 3.41. The van der Waals surface area contributed by atoms with Gasteiger partial charge in [0.15, 0.2) is 0 Å². The zero-order valence-corrected chi connectivity index (χ0v) is 15.0. The van der Waals surface area contributed by atoms with E-state index in [0.717, 1.165) is 23.4 Å². The molecule has 0 atom stereocenters. The van der Waals surface area contributed by atoms with Crippen molar-refractivity contribution in [1.82, 2.24) is 14.7 Å². The molecule has 2 aromatic carbocycles. The van der Waals surface area contributed by atoms with E-state index in [2.05, 4.69) is 11.2 Å². The second-order valence-electron chi connectivity index (χ2n) is 6.52. The van der Waals surface area contributed by atoms with Crippen molar-refractivity contribution in [3.63, 3.8) is 0 Å². The molecule has 0 aliphatic carbocycles. The van der Waals surface area contributed by atoms with Crippen molar-refractivity contribution in [2.45, 2.75) is 13.0 Å². The number of aromatic nitrogens is 2. The van der Waals surface area contributed by atoms with Crippen LogP contribution in [0.5, 0.6) is 5.75 Å². The summed E-state index contributed by atoms with van der Waals surface area (Å²) in [5, 5.41) is 4.52. The number of nitrogens with zero attached hydrogens (tertiary/aromatic N) is 3. The van der Waals surface area contributed by atoms with E-state index in [4.69, 9.17) is 4.74 Å². The van der Waals surface area contributed by atoms with Crippen LogP contribution in [0, 0.1) is 0 Å². The highest BCUT2D eigenvalue weighted by molar-refractivity contribution is 5.94. The Morgan fingerprint density at radius 3 is 2.65 bits per heavy atom. The summed E-state index contributed by atoms with van der Waals surface area (Å²) >= 11 is 0. The standard InChI is InChI=1S/C21H21N3O2/c1-23-20(13-19(22-23)15-6-4-3-5-7-15)21(25)24-11-10-16-12-18(26-2)9-8-17(16)14-24/h3-9,12-13H,10-11,14H2,1-2H3. The largest absolute Gasteiger partial charge is 0.497 e. The minimum Gasteiger partial charge on any atom is -0.497 e. The zero-order chi connectivity index (χ0) is 18.1. The lowest BCUT2D eigenvalue weighted by atomic mass is 9.99. The number of carbonyl (C=O) groups excluding carboxylic acids is 1. The molecule has 4 rings (SSSR count). The summed E-state index contributed by atoms with van der Waals surface area (Å²) in [6.07, 6.45) is 0.835. The molecule has 0 bridgehead atoms. The Kier molecular flexibility index (Phi) is 4.21. The highest BCUT2D eigenvalue weighted by Gasteiger charge is 2.25. The van der Waals surface area contributed by atoms with Gasteiger partial charge in [0.1, 0.15) is 11.4 Å². The van der Waals surface area contributed by atoms with E-state index in [1.54, 1.807) is 11.8 Å². The molecule has 132 valence electrons. The Bertz CT molecular complexity index is 947. The normalized spacial score (nSPS) is 13.4. The highest BCUT2D eigenvalue weighted by Crippen LogP contribution is 2.25. The van der Waals surface area contributed by atoms with Gasteiger partial charge in [-0.25, -0.2) is 0 Å².